The average Bonchev–Trinajstić information content (AvgIpc) is 2.88. The van der Waals surface area contributed by atoms with E-state index >= 15 is 0 Å². The van der Waals surface area contributed by atoms with Crippen LogP contribution in [0.15, 0.2) is 34.9 Å². The molecule has 19 heavy (non-hydrogen) atoms. The molecule has 1 N–H and O–H groups in total. The SMILES string of the molecule is CCc1occc1C(NC)c1cc(Cl)ccc1OC. The maximum atomic E-state index is 6.10. The van der Waals surface area contributed by atoms with Gasteiger partial charge >= 0.3 is 0 Å². The van der Waals surface area contributed by atoms with Crippen molar-refractivity contribution in [1.82, 2.24) is 5.32 Å². The maximum Gasteiger partial charge on any atom is 0.124 e. The third-order valence-electron chi connectivity index (χ3n) is 3.20. The van der Waals surface area contributed by atoms with Crippen LogP contribution in [0.4, 0.5) is 0 Å². The molecule has 0 amide bonds. The Balaban J connectivity index is 2.50. The second kappa shape index (κ2) is 6.13. The van der Waals surface area contributed by atoms with E-state index in [9.17, 15) is 0 Å². The lowest BCUT2D eigenvalue weighted by Crippen LogP contribution is -2.19. The molecule has 0 saturated heterocycles. The Bertz CT molecular complexity index is 551. The molecule has 0 radical (unpaired) electrons. The van der Waals surface area contributed by atoms with Gasteiger partial charge in [-0.05, 0) is 31.3 Å². The molecule has 4 heteroatoms. The predicted octanol–water partition coefficient (Wildman–Crippen LogP) is 3.81. The summed E-state index contributed by atoms with van der Waals surface area (Å²) in [5, 5.41) is 3.99. The molecule has 1 aromatic carbocycles. The number of ether oxygens (including phenoxy) is 1. The molecule has 1 unspecified atom stereocenters. The molecule has 2 aromatic rings. The van der Waals surface area contributed by atoms with Gasteiger partial charge in [-0.15, -0.1) is 0 Å². The fraction of sp³-hybridized carbons (Fsp3) is 0.333. The third kappa shape index (κ3) is 2.77. The van der Waals surface area contributed by atoms with Gasteiger partial charge in [0.1, 0.15) is 11.5 Å². The largest absolute Gasteiger partial charge is 0.496 e. The van der Waals surface area contributed by atoms with E-state index in [2.05, 4.69) is 12.2 Å². The van der Waals surface area contributed by atoms with Crippen LogP contribution >= 0.6 is 11.6 Å². The van der Waals surface area contributed by atoms with E-state index in [1.165, 1.54) is 0 Å². The van der Waals surface area contributed by atoms with Crippen LogP contribution in [-0.4, -0.2) is 14.2 Å². The number of benzene rings is 1. The first-order valence-electron chi connectivity index (χ1n) is 6.28. The molecule has 0 bridgehead atoms. The minimum absolute atomic E-state index is 0.00218. The molecule has 102 valence electrons. The minimum atomic E-state index is 0.00218. The molecule has 1 aromatic heterocycles. The second-order valence-corrected chi connectivity index (χ2v) is 4.70. The Labute approximate surface area is 118 Å². The predicted molar refractivity (Wildman–Crippen MR) is 77.0 cm³/mol. The van der Waals surface area contributed by atoms with Gasteiger partial charge in [-0.2, -0.15) is 0 Å². The van der Waals surface area contributed by atoms with Crippen molar-refractivity contribution in [1.29, 1.82) is 0 Å². The monoisotopic (exact) mass is 279 g/mol. The topological polar surface area (TPSA) is 34.4 Å². The van der Waals surface area contributed by atoms with E-state index < -0.39 is 0 Å². The van der Waals surface area contributed by atoms with Gasteiger partial charge in [0.25, 0.3) is 0 Å². The van der Waals surface area contributed by atoms with E-state index in [1.807, 2.05) is 31.3 Å². The quantitative estimate of drug-likeness (QED) is 0.904. The van der Waals surface area contributed by atoms with Crippen molar-refractivity contribution >= 4 is 11.6 Å². The summed E-state index contributed by atoms with van der Waals surface area (Å²) in [4.78, 5) is 0. The average molecular weight is 280 g/mol. The first-order valence-corrected chi connectivity index (χ1v) is 6.66. The van der Waals surface area contributed by atoms with Gasteiger partial charge in [-0.1, -0.05) is 18.5 Å². The van der Waals surface area contributed by atoms with Crippen LogP contribution in [0.3, 0.4) is 0 Å². The molecule has 0 aliphatic heterocycles. The highest BCUT2D eigenvalue weighted by Gasteiger charge is 2.21. The molecule has 0 saturated carbocycles. The van der Waals surface area contributed by atoms with Crippen molar-refractivity contribution in [2.75, 3.05) is 14.2 Å². The number of methoxy groups -OCH3 is 1. The third-order valence-corrected chi connectivity index (χ3v) is 3.44. The summed E-state index contributed by atoms with van der Waals surface area (Å²) in [7, 11) is 3.58. The number of halogens is 1. The van der Waals surface area contributed by atoms with Crippen molar-refractivity contribution in [3.63, 3.8) is 0 Å². The van der Waals surface area contributed by atoms with E-state index in [0.717, 1.165) is 29.1 Å². The Morgan fingerprint density at radius 2 is 2.11 bits per heavy atom. The van der Waals surface area contributed by atoms with Gasteiger partial charge in [0.15, 0.2) is 0 Å². The zero-order valence-corrected chi connectivity index (χ0v) is 12.1. The Morgan fingerprint density at radius 3 is 2.74 bits per heavy atom. The fourth-order valence-electron chi connectivity index (χ4n) is 2.30. The highest BCUT2D eigenvalue weighted by Crippen LogP contribution is 2.34. The van der Waals surface area contributed by atoms with Crippen molar-refractivity contribution < 1.29 is 9.15 Å². The summed E-state index contributed by atoms with van der Waals surface area (Å²) in [6.45, 7) is 2.07. The molecule has 1 heterocycles. The molecule has 1 atom stereocenters. The number of rotatable bonds is 5. The van der Waals surface area contributed by atoms with Gasteiger partial charge in [0.2, 0.25) is 0 Å². The van der Waals surface area contributed by atoms with Crippen LogP contribution in [0.2, 0.25) is 5.02 Å². The summed E-state index contributed by atoms with van der Waals surface area (Å²) in [5.74, 6) is 1.79. The summed E-state index contributed by atoms with van der Waals surface area (Å²) in [6, 6.07) is 7.62. The van der Waals surface area contributed by atoms with Gasteiger partial charge in [0, 0.05) is 22.6 Å². The molecular weight excluding hydrogens is 262 g/mol. The van der Waals surface area contributed by atoms with Gasteiger partial charge < -0.3 is 14.5 Å². The molecule has 2 rings (SSSR count). The Hall–Kier alpha value is -1.45. The molecular formula is C15H18ClNO2. The van der Waals surface area contributed by atoms with E-state index in [-0.39, 0.29) is 6.04 Å². The standard InChI is InChI=1S/C15H18ClNO2/c1-4-13-11(7-8-19-13)15(17-2)12-9-10(16)5-6-14(12)18-3/h5-9,15,17H,4H2,1-3H3. The maximum absolute atomic E-state index is 6.10. The molecule has 0 aliphatic carbocycles. The highest BCUT2D eigenvalue weighted by atomic mass is 35.5. The van der Waals surface area contributed by atoms with Crippen LogP contribution in [0, 0.1) is 0 Å². The summed E-state index contributed by atoms with van der Waals surface area (Å²) in [5.41, 5.74) is 2.12. The first-order chi connectivity index (χ1) is 9.21. The number of nitrogens with one attached hydrogen (secondary N) is 1. The van der Waals surface area contributed by atoms with Crippen LogP contribution < -0.4 is 10.1 Å². The molecule has 0 fully saturated rings. The fourth-order valence-corrected chi connectivity index (χ4v) is 2.48. The summed E-state index contributed by atoms with van der Waals surface area (Å²) >= 11 is 6.10. The zero-order valence-electron chi connectivity index (χ0n) is 11.4. The lowest BCUT2D eigenvalue weighted by molar-refractivity contribution is 0.405. The molecule has 3 nitrogen and oxygen atoms in total. The zero-order chi connectivity index (χ0) is 13.8. The number of aryl methyl sites for hydroxylation is 1. The van der Waals surface area contributed by atoms with E-state index in [1.54, 1.807) is 13.4 Å². The van der Waals surface area contributed by atoms with Crippen LogP contribution in [-0.2, 0) is 6.42 Å². The second-order valence-electron chi connectivity index (χ2n) is 4.26. The lowest BCUT2D eigenvalue weighted by Gasteiger charge is -2.19. The Kier molecular flexibility index (Phi) is 4.51. The number of hydrogen-bond acceptors (Lipinski definition) is 3. The minimum Gasteiger partial charge on any atom is -0.496 e. The Morgan fingerprint density at radius 1 is 1.32 bits per heavy atom. The van der Waals surface area contributed by atoms with Crippen molar-refractivity contribution in [3.05, 3.63) is 52.4 Å². The van der Waals surface area contributed by atoms with E-state index in [4.69, 9.17) is 20.8 Å². The first kappa shape index (κ1) is 14.0. The van der Waals surface area contributed by atoms with Crippen LogP contribution in [0.5, 0.6) is 5.75 Å². The normalized spacial score (nSPS) is 12.4. The highest BCUT2D eigenvalue weighted by molar-refractivity contribution is 6.30. The number of furan rings is 1. The smallest absolute Gasteiger partial charge is 0.124 e. The van der Waals surface area contributed by atoms with Crippen LogP contribution in [0.25, 0.3) is 0 Å². The number of hydrogen-bond donors (Lipinski definition) is 1. The summed E-state index contributed by atoms with van der Waals surface area (Å²) in [6.07, 6.45) is 2.57. The summed E-state index contributed by atoms with van der Waals surface area (Å²) < 4.78 is 10.9. The van der Waals surface area contributed by atoms with Crippen molar-refractivity contribution in [2.45, 2.75) is 19.4 Å². The molecule has 0 spiro atoms. The van der Waals surface area contributed by atoms with Gasteiger partial charge in [-0.25, -0.2) is 0 Å². The van der Waals surface area contributed by atoms with Crippen molar-refractivity contribution in [3.8, 4) is 5.75 Å². The molecule has 0 aliphatic rings. The van der Waals surface area contributed by atoms with E-state index in [0.29, 0.717) is 5.02 Å². The van der Waals surface area contributed by atoms with Crippen molar-refractivity contribution in [2.24, 2.45) is 0 Å². The lowest BCUT2D eigenvalue weighted by atomic mass is 9.97. The van der Waals surface area contributed by atoms with Gasteiger partial charge in [0.05, 0.1) is 19.4 Å². The van der Waals surface area contributed by atoms with Crippen LogP contribution in [0.1, 0.15) is 29.9 Å². The van der Waals surface area contributed by atoms with Gasteiger partial charge in [-0.3, -0.25) is 0 Å².